The number of hydrogen-bond acceptors (Lipinski definition) is 6. The van der Waals surface area contributed by atoms with Crippen molar-refractivity contribution in [2.24, 2.45) is 5.92 Å². The van der Waals surface area contributed by atoms with Crippen molar-refractivity contribution >= 4 is 54.1 Å². The first-order valence-electron chi connectivity index (χ1n) is 6.94. The summed E-state index contributed by atoms with van der Waals surface area (Å²) < 4.78 is 7.62. The highest BCUT2D eigenvalue weighted by molar-refractivity contribution is 7.24. The molecule has 7 heteroatoms. The van der Waals surface area contributed by atoms with Crippen LogP contribution >= 0.6 is 22.7 Å². The lowest BCUT2D eigenvalue weighted by atomic mass is 10.0. The minimum Gasteiger partial charge on any atom is -0.373 e. The Morgan fingerprint density at radius 3 is 3.27 bits per heavy atom. The number of hydrogen-bond donors (Lipinski definition) is 1. The Kier molecular flexibility index (Phi) is 3.40. The van der Waals surface area contributed by atoms with Crippen LogP contribution in [0.4, 0.5) is 5.13 Å². The van der Waals surface area contributed by atoms with E-state index in [0.29, 0.717) is 18.2 Å². The van der Waals surface area contributed by atoms with Gasteiger partial charge in [-0.05, 0) is 18.6 Å². The fraction of sp³-hybridized carbons (Fsp3) is 0.267. The van der Waals surface area contributed by atoms with Gasteiger partial charge >= 0.3 is 0 Å². The van der Waals surface area contributed by atoms with Crippen molar-refractivity contribution in [2.75, 3.05) is 11.9 Å². The lowest BCUT2D eigenvalue weighted by molar-refractivity contribution is -0.120. The van der Waals surface area contributed by atoms with E-state index in [1.54, 1.807) is 17.4 Å². The third kappa shape index (κ3) is 2.22. The average molecular weight is 331 g/mol. The molecular formula is C15H13N3O2S2. The highest BCUT2D eigenvalue weighted by Gasteiger charge is 2.32. The number of carbonyl (C=O) groups is 1. The SMILES string of the molecule is C=C[C@@H]1OCC[C@H]1C(=O)Nc1nc2ccc3scnc3c2s1. The third-order valence-corrected chi connectivity index (χ3v) is 5.58. The lowest BCUT2D eigenvalue weighted by Crippen LogP contribution is -2.28. The van der Waals surface area contributed by atoms with E-state index in [4.69, 9.17) is 4.74 Å². The first kappa shape index (κ1) is 13.8. The van der Waals surface area contributed by atoms with Gasteiger partial charge in [0.15, 0.2) is 5.13 Å². The molecule has 22 heavy (non-hydrogen) atoms. The second kappa shape index (κ2) is 5.42. The van der Waals surface area contributed by atoms with Gasteiger partial charge in [0.25, 0.3) is 0 Å². The van der Waals surface area contributed by atoms with E-state index in [1.165, 1.54) is 11.3 Å². The van der Waals surface area contributed by atoms with E-state index in [1.807, 2.05) is 17.6 Å². The number of aromatic nitrogens is 2. The number of rotatable bonds is 3. The maximum Gasteiger partial charge on any atom is 0.232 e. The maximum absolute atomic E-state index is 12.4. The second-order valence-electron chi connectivity index (χ2n) is 5.09. The van der Waals surface area contributed by atoms with Crippen molar-refractivity contribution in [2.45, 2.75) is 12.5 Å². The van der Waals surface area contributed by atoms with Crippen molar-refractivity contribution in [1.82, 2.24) is 9.97 Å². The molecule has 4 rings (SSSR count). The van der Waals surface area contributed by atoms with Crippen molar-refractivity contribution in [1.29, 1.82) is 0 Å². The quantitative estimate of drug-likeness (QED) is 0.747. The van der Waals surface area contributed by atoms with Crippen LogP contribution in [-0.2, 0) is 9.53 Å². The van der Waals surface area contributed by atoms with E-state index >= 15 is 0 Å². The van der Waals surface area contributed by atoms with E-state index in [2.05, 4.69) is 21.9 Å². The van der Waals surface area contributed by atoms with Crippen LogP contribution in [-0.4, -0.2) is 28.6 Å². The van der Waals surface area contributed by atoms with Gasteiger partial charge < -0.3 is 10.1 Å². The summed E-state index contributed by atoms with van der Waals surface area (Å²) >= 11 is 3.06. The Labute approximate surface area is 134 Å². The van der Waals surface area contributed by atoms with E-state index in [-0.39, 0.29) is 17.9 Å². The molecule has 1 fully saturated rings. The van der Waals surface area contributed by atoms with Crippen molar-refractivity contribution in [3.05, 3.63) is 30.3 Å². The summed E-state index contributed by atoms with van der Waals surface area (Å²) in [7, 11) is 0. The summed E-state index contributed by atoms with van der Waals surface area (Å²) in [6, 6.07) is 3.98. The molecule has 1 N–H and O–H groups in total. The molecular weight excluding hydrogens is 318 g/mol. The standard InChI is InChI=1S/C15H13N3O2S2/c1-2-10-8(5-6-20-10)14(19)18-15-17-9-3-4-11-12(13(9)22-15)16-7-21-11/h2-4,7-8,10H,1,5-6H2,(H,17,18,19)/t8-,10+/m1/s1. The Bertz CT molecular complexity index is 870. The average Bonchev–Trinajstić information content (AvgIpc) is 3.24. The minimum absolute atomic E-state index is 0.0593. The summed E-state index contributed by atoms with van der Waals surface area (Å²) in [5, 5.41) is 3.52. The number of thiazole rings is 2. The van der Waals surface area contributed by atoms with E-state index < -0.39 is 0 Å². The molecule has 1 aliphatic heterocycles. The summed E-state index contributed by atoms with van der Waals surface area (Å²) in [4.78, 5) is 21.3. The normalized spacial score (nSPS) is 21.5. The number of ether oxygens (including phenoxy) is 1. The monoisotopic (exact) mass is 331 g/mol. The maximum atomic E-state index is 12.4. The number of benzene rings is 1. The van der Waals surface area contributed by atoms with Crippen LogP contribution in [0.25, 0.3) is 20.4 Å². The van der Waals surface area contributed by atoms with Crippen LogP contribution in [0, 0.1) is 5.92 Å². The zero-order valence-electron chi connectivity index (χ0n) is 11.6. The predicted octanol–water partition coefficient (Wildman–Crippen LogP) is 3.44. The van der Waals surface area contributed by atoms with Gasteiger partial charge in [-0.3, -0.25) is 4.79 Å². The van der Waals surface area contributed by atoms with Crippen molar-refractivity contribution < 1.29 is 9.53 Å². The molecule has 5 nitrogen and oxygen atoms in total. The van der Waals surface area contributed by atoms with Crippen LogP contribution in [0.15, 0.2) is 30.3 Å². The molecule has 2 aromatic heterocycles. The molecule has 2 atom stereocenters. The number of anilines is 1. The fourth-order valence-electron chi connectivity index (χ4n) is 2.69. The zero-order chi connectivity index (χ0) is 15.1. The van der Waals surface area contributed by atoms with Gasteiger partial charge in [0.05, 0.1) is 32.4 Å². The van der Waals surface area contributed by atoms with Crippen LogP contribution < -0.4 is 5.32 Å². The molecule has 1 aliphatic rings. The van der Waals surface area contributed by atoms with Gasteiger partial charge in [0.1, 0.15) is 5.52 Å². The van der Waals surface area contributed by atoms with Crippen molar-refractivity contribution in [3.8, 4) is 0 Å². The van der Waals surface area contributed by atoms with Crippen LogP contribution in [0.2, 0.25) is 0 Å². The number of amides is 1. The highest BCUT2D eigenvalue weighted by atomic mass is 32.1. The topological polar surface area (TPSA) is 64.1 Å². The molecule has 1 aromatic carbocycles. The van der Waals surface area contributed by atoms with Gasteiger partial charge in [-0.2, -0.15) is 0 Å². The lowest BCUT2D eigenvalue weighted by Gasteiger charge is -2.13. The Morgan fingerprint density at radius 1 is 1.50 bits per heavy atom. The summed E-state index contributed by atoms with van der Waals surface area (Å²) in [6.07, 6.45) is 2.19. The molecule has 1 amide bonds. The third-order valence-electron chi connectivity index (χ3n) is 3.79. The number of carbonyl (C=O) groups excluding carboxylic acids is 1. The molecule has 0 saturated carbocycles. The Balaban J connectivity index is 1.64. The first-order valence-corrected chi connectivity index (χ1v) is 8.63. The molecule has 1 saturated heterocycles. The Morgan fingerprint density at radius 2 is 2.41 bits per heavy atom. The summed E-state index contributed by atoms with van der Waals surface area (Å²) in [5.74, 6) is -0.250. The second-order valence-corrected chi connectivity index (χ2v) is 6.97. The van der Waals surface area contributed by atoms with Crippen LogP contribution in [0.3, 0.4) is 0 Å². The number of nitrogens with zero attached hydrogens (tertiary/aromatic N) is 2. The smallest absolute Gasteiger partial charge is 0.232 e. The zero-order valence-corrected chi connectivity index (χ0v) is 13.2. The Hall–Kier alpha value is -1.83. The molecule has 3 aromatic rings. The van der Waals surface area contributed by atoms with Gasteiger partial charge in [-0.1, -0.05) is 17.4 Å². The first-order chi connectivity index (χ1) is 10.8. The number of nitrogens with one attached hydrogen (secondary N) is 1. The summed E-state index contributed by atoms with van der Waals surface area (Å²) in [5.41, 5.74) is 3.64. The van der Waals surface area contributed by atoms with Gasteiger partial charge in [0, 0.05) is 6.61 Å². The van der Waals surface area contributed by atoms with Gasteiger partial charge in [0.2, 0.25) is 5.91 Å². The van der Waals surface area contributed by atoms with E-state index in [0.717, 1.165) is 20.4 Å². The molecule has 0 spiro atoms. The summed E-state index contributed by atoms with van der Waals surface area (Å²) in [6.45, 7) is 4.31. The molecule has 0 aliphatic carbocycles. The van der Waals surface area contributed by atoms with Crippen LogP contribution in [0.5, 0.6) is 0 Å². The molecule has 0 unspecified atom stereocenters. The molecule has 0 bridgehead atoms. The number of fused-ring (bicyclic) bond motifs is 3. The largest absolute Gasteiger partial charge is 0.373 e. The fourth-order valence-corrected chi connectivity index (χ4v) is 4.40. The van der Waals surface area contributed by atoms with Crippen molar-refractivity contribution in [3.63, 3.8) is 0 Å². The van der Waals surface area contributed by atoms with Gasteiger partial charge in [-0.15, -0.1) is 17.9 Å². The van der Waals surface area contributed by atoms with Crippen LogP contribution in [0.1, 0.15) is 6.42 Å². The minimum atomic E-state index is -0.209. The molecule has 112 valence electrons. The van der Waals surface area contributed by atoms with Gasteiger partial charge in [-0.25, -0.2) is 9.97 Å². The molecule has 3 heterocycles. The van der Waals surface area contributed by atoms with E-state index in [9.17, 15) is 4.79 Å². The predicted molar refractivity (Wildman–Crippen MR) is 89.5 cm³/mol. The highest BCUT2D eigenvalue weighted by Crippen LogP contribution is 2.34. The molecule has 0 radical (unpaired) electrons.